The minimum Gasteiger partial charge on any atom is -0.434 e. The minimum absolute atomic E-state index is 0.546. The van der Waals surface area contributed by atoms with Crippen LogP contribution in [0.1, 0.15) is 51.0 Å². The van der Waals surface area contributed by atoms with Gasteiger partial charge in [-0.05, 0) is 73.2 Å². The van der Waals surface area contributed by atoms with E-state index in [9.17, 15) is 0 Å². The van der Waals surface area contributed by atoms with E-state index in [1.807, 2.05) is 19.9 Å². The lowest BCUT2D eigenvalue weighted by Gasteiger charge is -2.59. The molecule has 0 spiro atoms. The van der Waals surface area contributed by atoms with E-state index in [-0.39, 0.29) is 0 Å². The van der Waals surface area contributed by atoms with Crippen LogP contribution in [0.2, 0.25) is 0 Å². The molecule has 1 radical (unpaired) electrons. The van der Waals surface area contributed by atoms with Crippen LogP contribution >= 0.6 is 0 Å². The maximum Gasteiger partial charge on any atom is 0.332 e. The second kappa shape index (κ2) is 6.34. The van der Waals surface area contributed by atoms with Crippen molar-refractivity contribution in [1.82, 2.24) is 15.4 Å². The predicted octanol–water partition coefficient (Wildman–Crippen LogP) is 2.98. The highest BCUT2D eigenvalue weighted by atomic mass is 16.4. The number of pyridine rings is 1. The van der Waals surface area contributed by atoms with Crippen LogP contribution in [0.5, 0.6) is 0 Å². The Morgan fingerprint density at radius 2 is 2.07 bits per heavy atom. The molecule has 7 rings (SSSR count). The summed E-state index contributed by atoms with van der Waals surface area (Å²) in [5.41, 5.74) is 8.43. The number of aromatic nitrogens is 2. The van der Waals surface area contributed by atoms with Gasteiger partial charge in [-0.25, -0.2) is 4.98 Å². The third kappa shape index (κ3) is 2.64. The topological polar surface area (TPSA) is 62.3 Å². The predicted molar refractivity (Wildman–Crippen MR) is 112 cm³/mol. The largest absolute Gasteiger partial charge is 0.434 e. The molecule has 2 aromatic heterocycles. The first kappa shape index (κ1) is 17.1. The molecule has 2 atom stereocenters. The van der Waals surface area contributed by atoms with Crippen molar-refractivity contribution in [2.75, 3.05) is 13.2 Å². The van der Waals surface area contributed by atoms with E-state index < -0.39 is 0 Å². The molecule has 4 bridgehead atoms. The van der Waals surface area contributed by atoms with Gasteiger partial charge in [0.05, 0.1) is 5.71 Å². The summed E-state index contributed by atoms with van der Waals surface area (Å²) in [6.45, 7) is 4.10. The number of aromatic amines is 1. The molecule has 0 saturated heterocycles. The van der Waals surface area contributed by atoms with Gasteiger partial charge in [-0.1, -0.05) is 6.92 Å². The Kier molecular flexibility index (Phi) is 3.87. The maximum atomic E-state index is 5.86. The second-order valence-electron chi connectivity index (χ2n) is 9.88. The fraction of sp³-hybridized carbons (Fsp3) is 0.636. The summed E-state index contributed by atoms with van der Waals surface area (Å²) < 4.78 is 5.86. The molecule has 2 unspecified atom stereocenters. The fourth-order valence-electron chi connectivity index (χ4n) is 7.10. The van der Waals surface area contributed by atoms with Gasteiger partial charge in [-0.2, -0.15) is 5.10 Å². The lowest BCUT2D eigenvalue weighted by atomic mass is 9.45. The Morgan fingerprint density at radius 1 is 1.21 bits per heavy atom. The SMILES string of the molecule is CC12CC3CC(C1)C(/C1=N/NCCCO[B]c4cnc5[nH]ccc5c41)C(C3)C2. The molecule has 2 N–H and O–H groups in total. The smallest absolute Gasteiger partial charge is 0.332 e. The van der Waals surface area contributed by atoms with Crippen molar-refractivity contribution in [2.24, 2.45) is 34.2 Å². The van der Waals surface area contributed by atoms with Gasteiger partial charge >= 0.3 is 7.48 Å². The van der Waals surface area contributed by atoms with Gasteiger partial charge in [0, 0.05) is 42.4 Å². The first-order valence-electron chi connectivity index (χ1n) is 10.9. The summed E-state index contributed by atoms with van der Waals surface area (Å²) >= 11 is 0. The maximum absolute atomic E-state index is 5.86. The number of H-pyrrole nitrogens is 1. The molecule has 4 saturated carbocycles. The highest BCUT2D eigenvalue weighted by Gasteiger charge is 2.54. The fourth-order valence-corrected chi connectivity index (χ4v) is 7.10. The summed E-state index contributed by atoms with van der Waals surface area (Å²) in [6, 6.07) is 2.15. The van der Waals surface area contributed by atoms with Crippen LogP contribution in [0.4, 0.5) is 0 Å². The van der Waals surface area contributed by atoms with Crippen LogP contribution in [0.25, 0.3) is 11.0 Å². The van der Waals surface area contributed by atoms with Crippen molar-refractivity contribution in [3.63, 3.8) is 0 Å². The van der Waals surface area contributed by atoms with Gasteiger partial charge in [0.2, 0.25) is 0 Å². The third-order valence-electron chi connectivity index (χ3n) is 7.73. The zero-order valence-electron chi connectivity index (χ0n) is 16.6. The van der Waals surface area contributed by atoms with Crippen molar-refractivity contribution in [3.8, 4) is 0 Å². The molecule has 0 amide bonds. The third-order valence-corrected chi connectivity index (χ3v) is 7.73. The van der Waals surface area contributed by atoms with Crippen molar-refractivity contribution < 1.29 is 4.65 Å². The van der Waals surface area contributed by atoms with Crippen LogP contribution in [-0.4, -0.2) is 36.3 Å². The molecule has 0 aromatic carbocycles. The number of nitrogens with zero attached hydrogens (tertiary/aromatic N) is 2. The molecular weight excluding hydrogens is 347 g/mol. The first-order chi connectivity index (χ1) is 13.7. The Balaban J connectivity index is 1.50. The molecule has 3 heterocycles. The molecular formula is C22H28BN4O. The Bertz CT molecular complexity index is 922. The summed E-state index contributed by atoms with van der Waals surface area (Å²) in [7, 11) is 1.91. The van der Waals surface area contributed by atoms with Gasteiger partial charge in [-0.3, -0.25) is 0 Å². The van der Waals surface area contributed by atoms with Gasteiger partial charge in [0.15, 0.2) is 0 Å². The molecule has 145 valence electrons. The van der Waals surface area contributed by atoms with E-state index in [1.165, 1.54) is 48.8 Å². The van der Waals surface area contributed by atoms with E-state index in [0.29, 0.717) is 17.9 Å². The standard InChI is InChI=1S/C22H28BN4O/c1-22-9-13-7-14(10-22)18(15(8-13)11-22)20-19-16-3-5-24-21(16)25-12-17(19)23-28-6-2-4-26-27-20/h3,5,12-15,18,26H,2,4,6-11H2,1H3,(H,24,25)/b27-20-. The molecule has 2 aromatic rings. The van der Waals surface area contributed by atoms with Crippen LogP contribution in [0.15, 0.2) is 23.6 Å². The van der Waals surface area contributed by atoms with Crippen LogP contribution < -0.4 is 10.9 Å². The van der Waals surface area contributed by atoms with Crippen LogP contribution in [-0.2, 0) is 4.65 Å². The Morgan fingerprint density at radius 3 is 2.89 bits per heavy atom. The average molecular weight is 375 g/mol. The van der Waals surface area contributed by atoms with Gasteiger partial charge < -0.3 is 15.1 Å². The van der Waals surface area contributed by atoms with Crippen LogP contribution in [0, 0.1) is 29.1 Å². The molecule has 28 heavy (non-hydrogen) atoms. The van der Waals surface area contributed by atoms with Crippen LogP contribution in [0.3, 0.4) is 0 Å². The lowest BCUT2D eigenvalue weighted by Crippen LogP contribution is -2.53. The second-order valence-corrected chi connectivity index (χ2v) is 9.88. The number of hydrazone groups is 1. The molecule has 1 aliphatic heterocycles. The van der Waals surface area contributed by atoms with E-state index in [4.69, 9.17) is 9.76 Å². The zero-order valence-corrected chi connectivity index (χ0v) is 16.6. The zero-order chi connectivity index (χ0) is 18.7. The summed E-state index contributed by atoms with van der Waals surface area (Å²) in [5.74, 6) is 3.00. The molecule has 4 aliphatic carbocycles. The molecule has 5 nitrogen and oxygen atoms in total. The number of nitrogens with one attached hydrogen (secondary N) is 2. The van der Waals surface area contributed by atoms with Crippen molar-refractivity contribution >= 4 is 29.7 Å². The van der Waals surface area contributed by atoms with E-state index >= 15 is 0 Å². The highest BCUT2D eigenvalue weighted by Crippen LogP contribution is 2.62. The lowest BCUT2D eigenvalue weighted by molar-refractivity contribution is -0.0636. The van der Waals surface area contributed by atoms with E-state index in [0.717, 1.165) is 41.8 Å². The number of hydrogen-bond acceptors (Lipinski definition) is 4. The van der Waals surface area contributed by atoms with Gasteiger partial charge in [0.1, 0.15) is 5.65 Å². The number of fused-ring (bicyclic) bond motifs is 3. The van der Waals surface area contributed by atoms with Gasteiger partial charge in [-0.15, -0.1) is 0 Å². The number of rotatable bonds is 1. The van der Waals surface area contributed by atoms with E-state index in [2.05, 4.69) is 28.4 Å². The minimum atomic E-state index is 0.546. The Hall–Kier alpha value is -1.82. The highest BCUT2D eigenvalue weighted by molar-refractivity contribution is 6.50. The quantitative estimate of drug-likeness (QED) is 0.754. The summed E-state index contributed by atoms with van der Waals surface area (Å²) in [4.78, 5) is 7.91. The summed E-state index contributed by atoms with van der Waals surface area (Å²) in [6.07, 6.45) is 11.8. The van der Waals surface area contributed by atoms with Crippen molar-refractivity contribution in [2.45, 2.75) is 45.4 Å². The first-order valence-corrected chi connectivity index (χ1v) is 10.9. The van der Waals surface area contributed by atoms with Crippen molar-refractivity contribution in [3.05, 3.63) is 24.0 Å². The monoisotopic (exact) mass is 375 g/mol. The molecule has 4 fully saturated rings. The van der Waals surface area contributed by atoms with Crippen molar-refractivity contribution in [1.29, 1.82) is 0 Å². The average Bonchev–Trinajstić information content (AvgIpc) is 3.13. The normalized spacial score (nSPS) is 39.0. The molecule has 6 heteroatoms. The van der Waals surface area contributed by atoms with Gasteiger partial charge in [0.25, 0.3) is 0 Å². The number of hydrogen-bond donors (Lipinski definition) is 2. The Labute approximate surface area is 167 Å². The molecule has 5 aliphatic rings. The summed E-state index contributed by atoms with van der Waals surface area (Å²) in [5, 5.41) is 6.24. The van der Waals surface area contributed by atoms with E-state index in [1.54, 1.807) is 0 Å².